The van der Waals surface area contributed by atoms with Gasteiger partial charge in [0.25, 0.3) is 6.43 Å². The maximum atomic E-state index is 12.8. The molecule has 0 saturated carbocycles. The van der Waals surface area contributed by atoms with Crippen LogP contribution in [0.3, 0.4) is 0 Å². The van der Waals surface area contributed by atoms with Crippen molar-refractivity contribution in [3.05, 3.63) is 46.2 Å². The summed E-state index contributed by atoms with van der Waals surface area (Å²) in [5.74, 6) is 0.275. The first-order chi connectivity index (χ1) is 7.72. The van der Waals surface area contributed by atoms with Gasteiger partial charge in [-0.3, -0.25) is 0 Å². The van der Waals surface area contributed by atoms with Crippen molar-refractivity contribution in [2.45, 2.75) is 12.3 Å². The Hall–Kier alpha value is -0.930. The van der Waals surface area contributed by atoms with E-state index < -0.39 is 6.43 Å². The Morgan fingerprint density at radius 2 is 1.88 bits per heavy atom. The number of benzene rings is 1. The van der Waals surface area contributed by atoms with Crippen molar-refractivity contribution in [1.82, 2.24) is 0 Å². The molecule has 0 aliphatic rings. The number of rotatable bonds is 3. The van der Waals surface area contributed by atoms with Crippen molar-refractivity contribution < 1.29 is 8.78 Å². The summed E-state index contributed by atoms with van der Waals surface area (Å²) in [6.45, 7) is 0. The van der Waals surface area contributed by atoms with E-state index in [1.807, 2.05) is 30.3 Å². The van der Waals surface area contributed by atoms with Gasteiger partial charge in [0.15, 0.2) is 0 Å². The van der Waals surface area contributed by atoms with Gasteiger partial charge in [-0.25, -0.2) is 8.78 Å². The number of halogens is 3. The standard InChI is InChI=1S/C12H9ClF2S/c13-7-9-6-10(11(16-9)12(14)15)8-4-2-1-3-5-8/h1-6,12H,7H2. The van der Waals surface area contributed by atoms with E-state index in [-0.39, 0.29) is 10.8 Å². The minimum absolute atomic E-state index is 0.0989. The Labute approximate surface area is 101 Å². The van der Waals surface area contributed by atoms with Crippen LogP contribution in [0.2, 0.25) is 0 Å². The molecular weight excluding hydrogens is 250 g/mol. The molecule has 0 unspecified atom stereocenters. The second-order valence-electron chi connectivity index (χ2n) is 3.29. The first-order valence-electron chi connectivity index (χ1n) is 4.74. The summed E-state index contributed by atoms with van der Waals surface area (Å²) in [4.78, 5) is 0.873. The van der Waals surface area contributed by atoms with Crippen molar-refractivity contribution in [2.24, 2.45) is 0 Å². The van der Waals surface area contributed by atoms with E-state index in [1.54, 1.807) is 6.07 Å². The molecule has 16 heavy (non-hydrogen) atoms. The van der Waals surface area contributed by atoms with E-state index >= 15 is 0 Å². The Morgan fingerprint density at radius 1 is 1.19 bits per heavy atom. The Balaban J connectivity index is 2.51. The van der Waals surface area contributed by atoms with E-state index in [9.17, 15) is 8.78 Å². The number of hydrogen-bond donors (Lipinski definition) is 0. The van der Waals surface area contributed by atoms with Gasteiger partial charge in [0.05, 0.1) is 10.8 Å². The second kappa shape index (κ2) is 4.93. The highest BCUT2D eigenvalue weighted by Gasteiger charge is 2.18. The average Bonchev–Trinajstić information content (AvgIpc) is 2.74. The van der Waals surface area contributed by atoms with Crippen molar-refractivity contribution in [1.29, 1.82) is 0 Å². The van der Waals surface area contributed by atoms with Crippen molar-refractivity contribution in [3.63, 3.8) is 0 Å². The normalized spacial score (nSPS) is 11.0. The molecule has 0 aliphatic carbocycles. The molecule has 0 aliphatic heterocycles. The van der Waals surface area contributed by atoms with Crippen LogP contribution in [0, 0.1) is 0 Å². The molecule has 0 atom stereocenters. The van der Waals surface area contributed by atoms with Crippen LogP contribution in [0.5, 0.6) is 0 Å². The van der Waals surface area contributed by atoms with Crippen LogP contribution in [0.4, 0.5) is 8.78 Å². The molecule has 0 nitrogen and oxygen atoms in total. The summed E-state index contributed by atoms with van der Waals surface area (Å²) >= 11 is 6.75. The minimum atomic E-state index is -2.45. The van der Waals surface area contributed by atoms with Gasteiger partial charge >= 0.3 is 0 Å². The fourth-order valence-corrected chi connectivity index (χ4v) is 2.66. The Kier molecular flexibility index (Phi) is 3.56. The first-order valence-corrected chi connectivity index (χ1v) is 6.09. The predicted molar refractivity (Wildman–Crippen MR) is 64.3 cm³/mol. The lowest BCUT2D eigenvalue weighted by molar-refractivity contribution is 0.156. The zero-order valence-corrected chi connectivity index (χ0v) is 9.86. The predicted octanol–water partition coefficient (Wildman–Crippen LogP) is 5.09. The van der Waals surface area contributed by atoms with Crippen LogP contribution in [-0.2, 0) is 5.88 Å². The van der Waals surface area contributed by atoms with Crippen LogP contribution in [0.1, 0.15) is 16.2 Å². The first kappa shape index (κ1) is 11.6. The molecule has 0 N–H and O–H groups in total. The van der Waals surface area contributed by atoms with E-state index in [0.29, 0.717) is 5.56 Å². The lowest BCUT2D eigenvalue weighted by Gasteiger charge is -2.01. The Bertz CT molecular complexity index is 465. The van der Waals surface area contributed by atoms with Gasteiger partial charge in [0.1, 0.15) is 0 Å². The van der Waals surface area contributed by atoms with Gasteiger partial charge < -0.3 is 0 Å². The molecular formula is C12H9ClF2S. The van der Waals surface area contributed by atoms with Crippen molar-refractivity contribution in [3.8, 4) is 11.1 Å². The van der Waals surface area contributed by atoms with Crippen LogP contribution in [-0.4, -0.2) is 0 Å². The van der Waals surface area contributed by atoms with E-state index in [1.165, 1.54) is 0 Å². The molecule has 84 valence electrons. The maximum Gasteiger partial charge on any atom is 0.273 e. The summed E-state index contributed by atoms with van der Waals surface area (Å²) in [6, 6.07) is 10.9. The summed E-state index contributed by atoms with van der Waals surface area (Å²) < 4.78 is 25.7. The van der Waals surface area contributed by atoms with Gasteiger partial charge in [0, 0.05) is 10.4 Å². The largest absolute Gasteiger partial charge is 0.273 e. The van der Waals surface area contributed by atoms with Crippen molar-refractivity contribution >= 4 is 22.9 Å². The third kappa shape index (κ3) is 2.25. The summed E-state index contributed by atoms with van der Waals surface area (Å²) in [7, 11) is 0. The summed E-state index contributed by atoms with van der Waals surface area (Å²) in [5.41, 5.74) is 1.40. The van der Waals surface area contributed by atoms with Crippen LogP contribution in [0.15, 0.2) is 36.4 Å². The molecule has 0 bridgehead atoms. The van der Waals surface area contributed by atoms with Gasteiger partial charge in [-0.15, -0.1) is 22.9 Å². The van der Waals surface area contributed by atoms with E-state index in [2.05, 4.69) is 0 Å². The molecule has 1 heterocycles. The molecule has 0 saturated heterocycles. The number of alkyl halides is 3. The molecule has 1 aromatic heterocycles. The highest BCUT2D eigenvalue weighted by molar-refractivity contribution is 7.12. The number of thiophene rings is 1. The topological polar surface area (TPSA) is 0 Å². The fraction of sp³-hybridized carbons (Fsp3) is 0.167. The number of hydrogen-bond acceptors (Lipinski definition) is 1. The van der Waals surface area contributed by atoms with Crippen LogP contribution in [0.25, 0.3) is 11.1 Å². The maximum absolute atomic E-state index is 12.8. The monoisotopic (exact) mass is 258 g/mol. The molecule has 0 amide bonds. The lowest BCUT2D eigenvalue weighted by atomic mass is 10.1. The quantitative estimate of drug-likeness (QED) is 0.673. The summed E-state index contributed by atoms with van der Waals surface area (Å²) in [6.07, 6.45) is -2.45. The third-order valence-corrected chi connectivity index (χ3v) is 3.82. The molecule has 0 spiro atoms. The third-order valence-electron chi connectivity index (χ3n) is 2.23. The molecule has 1 aromatic carbocycles. The fourth-order valence-electron chi connectivity index (χ4n) is 1.53. The molecule has 2 rings (SSSR count). The van der Waals surface area contributed by atoms with Gasteiger partial charge in [-0.1, -0.05) is 30.3 Å². The van der Waals surface area contributed by atoms with Gasteiger partial charge in [0.2, 0.25) is 0 Å². The average molecular weight is 259 g/mol. The van der Waals surface area contributed by atoms with Gasteiger partial charge in [-0.05, 0) is 11.6 Å². The van der Waals surface area contributed by atoms with Crippen LogP contribution >= 0.6 is 22.9 Å². The Morgan fingerprint density at radius 3 is 2.44 bits per heavy atom. The highest BCUT2D eigenvalue weighted by atomic mass is 35.5. The van der Waals surface area contributed by atoms with E-state index in [4.69, 9.17) is 11.6 Å². The van der Waals surface area contributed by atoms with Crippen molar-refractivity contribution in [2.75, 3.05) is 0 Å². The minimum Gasteiger partial charge on any atom is -0.204 e. The molecule has 4 heteroatoms. The smallest absolute Gasteiger partial charge is 0.204 e. The SMILES string of the molecule is FC(F)c1sc(CCl)cc1-c1ccccc1. The lowest BCUT2D eigenvalue weighted by Crippen LogP contribution is -1.82. The van der Waals surface area contributed by atoms with Crippen LogP contribution < -0.4 is 0 Å². The summed E-state index contributed by atoms with van der Waals surface area (Å²) in [5, 5.41) is 0. The molecule has 2 aromatic rings. The second-order valence-corrected chi connectivity index (χ2v) is 4.73. The highest BCUT2D eigenvalue weighted by Crippen LogP contribution is 2.38. The zero-order valence-electron chi connectivity index (χ0n) is 8.29. The van der Waals surface area contributed by atoms with E-state index in [0.717, 1.165) is 21.8 Å². The molecule has 0 fully saturated rings. The zero-order chi connectivity index (χ0) is 11.5. The molecule has 0 radical (unpaired) electrons. The van der Waals surface area contributed by atoms with Gasteiger partial charge in [-0.2, -0.15) is 0 Å².